The fraction of sp³-hybridized carbons (Fsp3) is 0.833. The van der Waals surface area contributed by atoms with Gasteiger partial charge in [0.2, 0.25) is 5.91 Å². The first-order valence-electron chi connectivity index (χ1n) is 5.86. The standard InChI is InChI=1S/C12H18N2O/c1-12(5-3-2-4-6-12)14-9-10(8-13)7-11(14)15/h10H,2-7,9H2,1H3. The van der Waals surface area contributed by atoms with Crippen molar-refractivity contribution in [2.75, 3.05) is 6.54 Å². The van der Waals surface area contributed by atoms with E-state index < -0.39 is 0 Å². The highest BCUT2D eigenvalue weighted by Gasteiger charge is 2.41. The summed E-state index contributed by atoms with van der Waals surface area (Å²) >= 11 is 0. The lowest BCUT2D eigenvalue weighted by Crippen LogP contribution is -2.48. The summed E-state index contributed by atoms with van der Waals surface area (Å²) in [4.78, 5) is 13.8. The first-order valence-corrected chi connectivity index (χ1v) is 5.86. The topological polar surface area (TPSA) is 44.1 Å². The van der Waals surface area contributed by atoms with Gasteiger partial charge in [0.05, 0.1) is 12.0 Å². The van der Waals surface area contributed by atoms with Crippen LogP contribution < -0.4 is 0 Å². The molecule has 0 radical (unpaired) electrons. The average molecular weight is 206 g/mol. The molecule has 3 nitrogen and oxygen atoms in total. The smallest absolute Gasteiger partial charge is 0.224 e. The van der Waals surface area contributed by atoms with Crippen molar-refractivity contribution in [3.63, 3.8) is 0 Å². The number of likely N-dealkylation sites (tertiary alicyclic amines) is 1. The summed E-state index contributed by atoms with van der Waals surface area (Å²) < 4.78 is 0. The lowest BCUT2D eigenvalue weighted by molar-refractivity contribution is -0.133. The molecule has 3 heteroatoms. The van der Waals surface area contributed by atoms with Crippen LogP contribution >= 0.6 is 0 Å². The maximum Gasteiger partial charge on any atom is 0.224 e. The van der Waals surface area contributed by atoms with E-state index in [9.17, 15) is 4.79 Å². The van der Waals surface area contributed by atoms with E-state index in [4.69, 9.17) is 5.26 Å². The minimum absolute atomic E-state index is 0.0426. The lowest BCUT2D eigenvalue weighted by atomic mass is 9.82. The molecule has 1 heterocycles. The van der Waals surface area contributed by atoms with Gasteiger partial charge in [0.15, 0.2) is 0 Å². The van der Waals surface area contributed by atoms with Gasteiger partial charge >= 0.3 is 0 Å². The summed E-state index contributed by atoms with van der Waals surface area (Å²) in [7, 11) is 0. The highest BCUT2D eigenvalue weighted by Crippen LogP contribution is 2.36. The van der Waals surface area contributed by atoms with Crippen molar-refractivity contribution in [3.05, 3.63) is 0 Å². The zero-order valence-electron chi connectivity index (χ0n) is 9.33. The molecule has 1 aliphatic carbocycles. The molecule has 1 aliphatic heterocycles. The molecule has 0 aromatic heterocycles. The van der Waals surface area contributed by atoms with E-state index in [1.807, 2.05) is 4.90 Å². The van der Waals surface area contributed by atoms with Crippen LogP contribution in [-0.2, 0) is 4.79 Å². The van der Waals surface area contributed by atoms with E-state index >= 15 is 0 Å². The number of carbonyl (C=O) groups is 1. The second kappa shape index (κ2) is 3.84. The van der Waals surface area contributed by atoms with Gasteiger partial charge in [-0.1, -0.05) is 19.3 Å². The van der Waals surface area contributed by atoms with Crippen molar-refractivity contribution in [2.45, 2.75) is 51.0 Å². The Labute approximate surface area is 91.1 Å². The van der Waals surface area contributed by atoms with Crippen LogP contribution in [0.15, 0.2) is 0 Å². The summed E-state index contributed by atoms with van der Waals surface area (Å²) in [5.41, 5.74) is 0.0426. The van der Waals surface area contributed by atoms with Gasteiger partial charge in [-0.15, -0.1) is 0 Å². The van der Waals surface area contributed by atoms with Gasteiger partial charge in [0.1, 0.15) is 0 Å². The Morgan fingerprint density at radius 2 is 2.07 bits per heavy atom. The second-order valence-corrected chi connectivity index (χ2v) is 5.09. The van der Waals surface area contributed by atoms with Gasteiger partial charge in [-0.3, -0.25) is 4.79 Å². The number of rotatable bonds is 1. The van der Waals surface area contributed by atoms with Crippen molar-refractivity contribution >= 4 is 5.91 Å². The van der Waals surface area contributed by atoms with Crippen molar-refractivity contribution in [3.8, 4) is 6.07 Å². The molecule has 2 rings (SSSR count). The van der Waals surface area contributed by atoms with Crippen LogP contribution in [0, 0.1) is 17.2 Å². The molecule has 0 spiro atoms. The fourth-order valence-corrected chi connectivity index (χ4v) is 2.90. The maximum absolute atomic E-state index is 11.8. The molecule has 1 saturated carbocycles. The minimum atomic E-state index is -0.0729. The van der Waals surface area contributed by atoms with Crippen LogP contribution in [0.5, 0.6) is 0 Å². The molecule has 0 aromatic carbocycles. The van der Waals surface area contributed by atoms with Gasteiger partial charge in [-0.25, -0.2) is 0 Å². The number of nitrogens with zero attached hydrogens (tertiary/aromatic N) is 2. The van der Waals surface area contributed by atoms with Gasteiger partial charge < -0.3 is 4.90 Å². The van der Waals surface area contributed by atoms with Crippen molar-refractivity contribution in [2.24, 2.45) is 5.92 Å². The molecular formula is C12H18N2O. The van der Waals surface area contributed by atoms with E-state index in [2.05, 4.69) is 13.0 Å². The molecule has 1 atom stereocenters. The van der Waals surface area contributed by atoms with Crippen LogP contribution in [0.25, 0.3) is 0 Å². The van der Waals surface area contributed by atoms with Crippen LogP contribution in [0.4, 0.5) is 0 Å². The Balaban J connectivity index is 2.10. The van der Waals surface area contributed by atoms with Crippen LogP contribution in [-0.4, -0.2) is 22.9 Å². The van der Waals surface area contributed by atoms with Gasteiger partial charge in [-0.05, 0) is 19.8 Å². The number of carbonyl (C=O) groups excluding carboxylic acids is 1. The molecule has 0 bridgehead atoms. The first kappa shape index (κ1) is 10.5. The minimum Gasteiger partial charge on any atom is -0.336 e. The third-order valence-electron chi connectivity index (χ3n) is 3.89. The Hall–Kier alpha value is -1.04. The monoisotopic (exact) mass is 206 g/mol. The Bertz CT molecular complexity index is 299. The Morgan fingerprint density at radius 3 is 2.60 bits per heavy atom. The summed E-state index contributed by atoms with van der Waals surface area (Å²) in [6.45, 7) is 2.84. The molecule has 2 fully saturated rings. The van der Waals surface area contributed by atoms with E-state index in [1.54, 1.807) is 0 Å². The Morgan fingerprint density at radius 1 is 1.40 bits per heavy atom. The zero-order valence-corrected chi connectivity index (χ0v) is 9.33. The molecular weight excluding hydrogens is 188 g/mol. The van der Waals surface area contributed by atoms with Crippen molar-refractivity contribution in [1.29, 1.82) is 5.26 Å². The number of hydrogen-bond donors (Lipinski definition) is 0. The first-order chi connectivity index (χ1) is 7.15. The van der Waals surface area contributed by atoms with Gasteiger partial charge in [0.25, 0.3) is 0 Å². The number of nitriles is 1. The summed E-state index contributed by atoms with van der Waals surface area (Å²) in [6.07, 6.45) is 6.38. The molecule has 1 saturated heterocycles. The second-order valence-electron chi connectivity index (χ2n) is 5.09. The van der Waals surface area contributed by atoms with Crippen molar-refractivity contribution < 1.29 is 4.79 Å². The highest BCUT2D eigenvalue weighted by atomic mass is 16.2. The number of amides is 1. The SMILES string of the molecule is CC1(N2CC(C#N)CC2=O)CCCCC1. The molecule has 15 heavy (non-hydrogen) atoms. The van der Waals surface area contributed by atoms with E-state index in [0.717, 1.165) is 12.8 Å². The predicted octanol–water partition coefficient (Wildman–Crippen LogP) is 2.08. The molecule has 2 aliphatic rings. The van der Waals surface area contributed by atoms with Crippen LogP contribution in [0.2, 0.25) is 0 Å². The lowest BCUT2D eigenvalue weighted by Gasteiger charge is -2.42. The third-order valence-corrected chi connectivity index (χ3v) is 3.89. The average Bonchev–Trinajstić information content (AvgIpc) is 2.61. The van der Waals surface area contributed by atoms with Crippen molar-refractivity contribution in [1.82, 2.24) is 4.90 Å². The van der Waals surface area contributed by atoms with E-state index in [1.165, 1.54) is 19.3 Å². The van der Waals surface area contributed by atoms with Gasteiger partial charge in [0, 0.05) is 18.5 Å². The predicted molar refractivity (Wildman–Crippen MR) is 56.9 cm³/mol. The molecule has 82 valence electrons. The van der Waals surface area contributed by atoms with Crippen LogP contribution in [0.3, 0.4) is 0 Å². The van der Waals surface area contributed by atoms with E-state index in [0.29, 0.717) is 13.0 Å². The molecule has 0 N–H and O–H groups in total. The summed E-state index contributed by atoms with van der Waals surface area (Å²) in [5, 5.41) is 8.86. The third kappa shape index (κ3) is 1.86. The maximum atomic E-state index is 11.8. The number of hydrogen-bond acceptors (Lipinski definition) is 2. The fourth-order valence-electron chi connectivity index (χ4n) is 2.90. The molecule has 1 amide bonds. The molecule has 0 aromatic rings. The largest absolute Gasteiger partial charge is 0.336 e. The van der Waals surface area contributed by atoms with Gasteiger partial charge in [-0.2, -0.15) is 5.26 Å². The molecule has 1 unspecified atom stereocenters. The summed E-state index contributed by atoms with van der Waals surface area (Å²) in [6, 6.07) is 2.22. The Kier molecular flexibility index (Phi) is 2.68. The quantitative estimate of drug-likeness (QED) is 0.659. The zero-order chi connectivity index (χ0) is 10.9. The normalized spacial score (nSPS) is 30.3. The van der Waals surface area contributed by atoms with Crippen LogP contribution in [0.1, 0.15) is 45.4 Å². The summed E-state index contributed by atoms with van der Waals surface area (Å²) in [5.74, 6) is 0.113. The highest BCUT2D eigenvalue weighted by molar-refractivity contribution is 5.80. The van der Waals surface area contributed by atoms with E-state index in [-0.39, 0.29) is 17.4 Å².